The zero-order valence-corrected chi connectivity index (χ0v) is 36.4. The first-order chi connectivity index (χ1) is 32.1. The number of benzene rings is 5. The number of carbonyl (C=O) groups excluding carboxylic acids is 5. The molecule has 0 saturated heterocycles. The molecule has 5 aromatic rings. The monoisotopic (exact) mass is 890 g/mol. The molecule has 4 heterocycles. The predicted molar refractivity (Wildman–Crippen MR) is 247 cm³/mol. The lowest BCUT2D eigenvalue weighted by Gasteiger charge is -2.22. The molecular formula is C49H46N8O9. The minimum Gasteiger partial charge on any atom is -0.493 e. The van der Waals surface area contributed by atoms with Crippen molar-refractivity contribution >= 4 is 70.4 Å². The molecule has 4 N–H and O–H groups in total. The lowest BCUT2D eigenvalue weighted by atomic mass is 10.1. The van der Waals surface area contributed by atoms with Crippen molar-refractivity contribution in [2.45, 2.75) is 38.1 Å². The summed E-state index contributed by atoms with van der Waals surface area (Å²) in [5.41, 5.74) is 7.11. The van der Waals surface area contributed by atoms with Crippen molar-refractivity contribution in [1.29, 1.82) is 0 Å². The number of hydrogen-bond acceptors (Lipinski definition) is 12. The van der Waals surface area contributed by atoms with E-state index >= 15 is 0 Å². The third-order valence-electron chi connectivity index (χ3n) is 11.6. The topological polar surface area (TPSA) is 202 Å². The van der Waals surface area contributed by atoms with Gasteiger partial charge in [0.25, 0.3) is 11.8 Å². The van der Waals surface area contributed by atoms with E-state index in [-0.39, 0.29) is 62.7 Å². The second-order valence-electron chi connectivity index (χ2n) is 16.0. The van der Waals surface area contributed by atoms with Crippen LogP contribution in [0.25, 0.3) is 0 Å². The number of rotatable bonds is 15. The Bertz CT molecular complexity index is 2680. The Hall–Kier alpha value is -8.05. The van der Waals surface area contributed by atoms with E-state index in [0.717, 1.165) is 22.5 Å². The van der Waals surface area contributed by atoms with Crippen LogP contribution >= 0.6 is 0 Å². The molecule has 0 spiro atoms. The summed E-state index contributed by atoms with van der Waals surface area (Å²) in [6.07, 6.45) is 4.88. The number of hydrogen-bond donors (Lipinski definition) is 4. The molecule has 17 nitrogen and oxygen atoms in total. The molecule has 17 heteroatoms. The van der Waals surface area contributed by atoms with Crippen molar-refractivity contribution in [2.24, 2.45) is 9.98 Å². The van der Waals surface area contributed by atoms with Crippen LogP contribution in [-0.4, -0.2) is 95.0 Å². The van der Waals surface area contributed by atoms with Gasteiger partial charge in [0.05, 0.1) is 68.4 Å². The summed E-state index contributed by atoms with van der Waals surface area (Å²) in [6.45, 7) is -0.622. The molecule has 0 bridgehead atoms. The molecule has 0 aromatic heterocycles. The Balaban J connectivity index is 0.953. The second kappa shape index (κ2) is 18.6. The van der Waals surface area contributed by atoms with Gasteiger partial charge in [-0.25, -0.2) is 0 Å². The van der Waals surface area contributed by atoms with Crippen molar-refractivity contribution < 1.29 is 42.9 Å². The van der Waals surface area contributed by atoms with E-state index in [1.807, 2.05) is 54.6 Å². The maximum absolute atomic E-state index is 14.0. The first-order valence-electron chi connectivity index (χ1n) is 21.3. The van der Waals surface area contributed by atoms with Crippen LogP contribution in [0.4, 0.5) is 28.4 Å². The maximum atomic E-state index is 14.0. The number of carbonyl (C=O) groups is 5. The number of nitrogens with zero attached hydrogens (tertiary/aromatic N) is 4. The second-order valence-corrected chi connectivity index (χ2v) is 16.0. The highest BCUT2D eigenvalue weighted by atomic mass is 16.5. The minimum absolute atomic E-state index is 0.00547. The van der Waals surface area contributed by atoms with E-state index < -0.39 is 11.8 Å². The highest BCUT2D eigenvalue weighted by Gasteiger charge is 2.38. The van der Waals surface area contributed by atoms with Gasteiger partial charge in [-0.05, 0) is 71.8 Å². The van der Waals surface area contributed by atoms with Gasteiger partial charge in [-0.1, -0.05) is 36.4 Å². The van der Waals surface area contributed by atoms with E-state index in [1.54, 1.807) is 65.7 Å². The molecule has 66 heavy (non-hydrogen) atoms. The Kier molecular flexibility index (Phi) is 12.2. The van der Waals surface area contributed by atoms with Crippen LogP contribution in [0.3, 0.4) is 0 Å². The molecule has 0 fully saturated rings. The van der Waals surface area contributed by atoms with E-state index in [1.165, 1.54) is 14.2 Å². The van der Waals surface area contributed by atoms with Crippen molar-refractivity contribution in [1.82, 2.24) is 16.0 Å². The molecule has 4 aliphatic heterocycles. The van der Waals surface area contributed by atoms with Crippen LogP contribution in [0.15, 0.2) is 101 Å². The van der Waals surface area contributed by atoms with Crippen LogP contribution in [0.2, 0.25) is 0 Å². The summed E-state index contributed by atoms with van der Waals surface area (Å²) in [5, 5.41) is 10.5. The number of aliphatic imine (C=N–C) groups is 2. The SMILES string of the molecule is CNCC(=O)NCC(=O)NCC(=O)Nc1cc(COc2cc3c(cc2OC)C(=O)N2c4ccccc4C[C@H]2C=N3)cc(COc2cc3c(cc2OC)C(=O)N2c4ccccc4C[C@H]2C=N3)c1. The van der Waals surface area contributed by atoms with Crippen LogP contribution < -0.4 is 50.0 Å². The molecule has 0 unspecified atom stereocenters. The predicted octanol–water partition coefficient (Wildman–Crippen LogP) is 4.83. The highest BCUT2D eigenvalue weighted by Crippen LogP contribution is 2.43. The summed E-state index contributed by atoms with van der Waals surface area (Å²) in [4.78, 5) is 78.2. The fraction of sp³-hybridized carbons (Fsp3) is 0.245. The first kappa shape index (κ1) is 43.2. The number of fused-ring (bicyclic) bond motifs is 8. The van der Waals surface area contributed by atoms with Crippen molar-refractivity contribution in [2.75, 3.05) is 56.0 Å². The average molecular weight is 891 g/mol. The Labute approximate surface area is 379 Å². The standard InChI is InChI=1S/C49H46N8O9/c1-50-23-45(58)53-24-46(59)54-25-47(60)55-32-13-28(26-65-43-19-37-35(17-41(43)63-2)48(61)56-33(21-51-37)15-30-8-4-6-10-39(30)56)12-29(14-32)27-66-44-20-38-36(18-42(44)64-3)49(62)57-34(22-52-38)16-31-9-5-7-11-40(31)57/h4-14,17-22,33-34,50H,15-16,23-27H2,1-3H3,(H,53,58)(H,54,59)(H,55,60)/t33-,34-/m0/s1. The quantitative estimate of drug-likeness (QED) is 0.113. The van der Waals surface area contributed by atoms with Crippen molar-refractivity contribution in [3.05, 3.63) is 124 Å². The molecule has 0 aliphatic carbocycles. The molecule has 0 saturated carbocycles. The summed E-state index contributed by atoms with van der Waals surface area (Å²) in [5.74, 6) is -0.470. The van der Waals surface area contributed by atoms with Gasteiger partial charge in [0.1, 0.15) is 13.2 Å². The van der Waals surface area contributed by atoms with Crippen molar-refractivity contribution in [3.8, 4) is 23.0 Å². The van der Waals surface area contributed by atoms with E-state index in [4.69, 9.17) is 28.9 Å². The summed E-state index contributed by atoms with van der Waals surface area (Å²) in [6, 6.07) is 27.1. The van der Waals surface area contributed by atoms with Crippen LogP contribution in [0.1, 0.15) is 43.0 Å². The normalized spacial score (nSPS) is 16.1. The molecule has 9 rings (SSSR count). The number of amides is 5. The summed E-state index contributed by atoms with van der Waals surface area (Å²) < 4.78 is 24.2. The van der Waals surface area contributed by atoms with Gasteiger partial charge >= 0.3 is 0 Å². The third-order valence-corrected chi connectivity index (χ3v) is 11.6. The fourth-order valence-electron chi connectivity index (χ4n) is 8.55. The van der Waals surface area contributed by atoms with Gasteiger partial charge in [0.2, 0.25) is 17.7 Å². The van der Waals surface area contributed by atoms with Gasteiger partial charge in [-0.15, -0.1) is 0 Å². The van der Waals surface area contributed by atoms with Crippen LogP contribution in [0, 0.1) is 0 Å². The largest absolute Gasteiger partial charge is 0.493 e. The summed E-state index contributed by atoms with van der Waals surface area (Å²) in [7, 11) is 4.60. The Morgan fingerprint density at radius 3 is 1.56 bits per heavy atom. The number of para-hydroxylation sites is 2. The van der Waals surface area contributed by atoms with Crippen LogP contribution in [0.5, 0.6) is 23.0 Å². The van der Waals surface area contributed by atoms with E-state index in [9.17, 15) is 24.0 Å². The lowest BCUT2D eigenvalue weighted by molar-refractivity contribution is -0.126. The number of ether oxygens (including phenoxy) is 4. The zero-order valence-electron chi connectivity index (χ0n) is 36.4. The molecule has 5 amide bonds. The minimum atomic E-state index is -0.539. The smallest absolute Gasteiger partial charge is 0.261 e. The van der Waals surface area contributed by atoms with Gasteiger partial charge in [-0.2, -0.15) is 0 Å². The van der Waals surface area contributed by atoms with Crippen molar-refractivity contribution in [3.63, 3.8) is 0 Å². The fourth-order valence-corrected chi connectivity index (χ4v) is 8.55. The molecular weight excluding hydrogens is 845 g/mol. The molecule has 2 atom stereocenters. The average Bonchev–Trinajstić information content (AvgIpc) is 3.82. The van der Waals surface area contributed by atoms with Gasteiger partial charge < -0.3 is 40.2 Å². The van der Waals surface area contributed by atoms with Gasteiger partial charge in [-0.3, -0.25) is 43.8 Å². The molecule has 5 aromatic carbocycles. The number of nitrogens with one attached hydrogen (secondary N) is 4. The summed E-state index contributed by atoms with van der Waals surface area (Å²) >= 11 is 0. The first-order valence-corrected chi connectivity index (χ1v) is 21.3. The lowest BCUT2D eigenvalue weighted by Crippen LogP contribution is -2.42. The number of anilines is 3. The van der Waals surface area contributed by atoms with Crippen LogP contribution in [-0.2, 0) is 40.4 Å². The van der Waals surface area contributed by atoms with E-state index in [0.29, 0.717) is 75.2 Å². The molecule has 336 valence electrons. The van der Waals surface area contributed by atoms with Gasteiger partial charge in [0.15, 0.2) is 23.0 Å². The Morgan fingerprint density at radius 1 is 0.606 bits per heavy atom. The maximum Gasteiger partial charge on any atom is 0.261 e. The number of likely N-dealkylation sites (N-methyl/N-ethyl adjacent to an activating group) is 1. The van der Waals surface area contributed by atoms with E-state index in [2.05, 4.69) is 21.3 Å². The van der Waals surface area contributed by atoms with Gasteiger partial charge in [0, 0.05) is 54.5 Å². The molecule has 4 aliphatic rings. The third kappa shape index (κ3) is 8.75. The highest BCUT2D eigenvalue weighted by molar-refractivity contribution is 6.16. The molecule has 0 radical (unpaired) electrons. The Morgan fingerprint density at radius 2 is 1.08 bits per heavy atom. The zero-order chi connectivity index (χ0) is 45.9. The number of methoxy groups -OCH3 is 2.